The van der Waals surface area contributed by atoms with Crippen molar-refractivity contribution in [3.05, 3.63) is 52.3 Å². The minimum absolute atomic E-state index is 0.117. The van der Waals surface area contributed by atoms with E-state index in [4.69, 9.17) is 0 Å². The Kier molecular flexibility index (Phi) is 5.29. The molecule has 0 aliphatic carbocycles. The summed E-state index contributed by atoms with van der Waals surface area (Å²) < 4.78 is 41.4. The van der Waals surface area contributed by atoms with Crippen LogP contribution in [0.15, 0.2) is 29.6 Å². The quantitative estimate of drug-likeness (QED) is 0.501. The number of aromatic nitrogens is 5. The van der Waals surface area contributed by atoms with Crippen LogP contribution in [-0.2, 0) is 19.8 Å². The molecule has 0 saturated heterocycles. The fraction of sp³-hybridized carbons (Fsp3) is 0.300. The fourth-order valence-electron chi connectivity index (χ4n) is 3.42. The first kappa shape index (κ1) is 21.0. The summed E-state index contributed by atoms with van der Waals surface area (Å²) in [5.74, 6) is -0.345. The second kappa shape index (κ2) is 7.80. The lowest BCUT2D eigenvalue weighted by Gasteiger charge is -2.10. The van der Waals surface area contributed by atoms with E-state index in [9.17, 15) is 18.0 Å². The van der Waals surface area contributed by atoms with Crippen molar-refractivity contribution in [1.82, 2.24) is 29.9 Å². The molecule has 0 bridgehead atoms. The zero-order valence-corrected chi connectivity index (χ0v) is 17.8. The number of carbonyl (C=O) groups is 1. The molecular formula is C20H19F3N6OS. The lowest BCUT2D eigenvalue weighted by Crippen LogP contribution is -2.28. The van der Waals surface area contributed by atoms with Crippen LogP contribution in [0, 0.1) is 13.8 Å². The third-order valence-corrected chi connectivity index (χ3v) is 5.76. The van der Waals surface area contributed by atoms with E-state index in [1.54, 1.807) is 31.6 Å². The predicted octanol–water partition coefficient (Wildman–Crippen LogP) is 3.96. The summed E-state index contributed by atoms with van der Waals surface area (Å²) in [6.45, 7) is 3.59. The van der Waals surface area contributed by atoms with Gasteiger partial charge in [-0.15, -0.1) is 11.3 Å². The lowest BCUT2D eigenvalue weighted by molar-refractivity contribution is -0.141. The third kappa shape index (κ3) is 4.05. The predicted molar refractivity (Wildman–Crippen MR) is 111 cm³/mol. The van der Waals surface area contributed by atoms with Gasteiger partial charge in [0, 0.05) is 19.3 Å². The molecule has 0 saturated carbocycles. The summed E-state index contributed by atoms with van der Waals surface area (Å²) >= 11 is 1.51. The van der Waals surface area contributed by atoms with Gasteiger partial charge in [0.15, 0.2) is 11.3 Å². The van der Waals surface area contributed by atoms with Gasteiger partial charge in [-0.25, -0.2) is 4.98 Å². The Morgan fingerprint density at radius 2 is 2.00 bits per heavy atom. The number of nitrogens with one attached hydrogen (secondary N) is 1. The SMILES string of the molecule is Cc1nn(C)c2nc(-c3cccs3)cc(C(=O)NCCn3nc(C(F)(F)F)cc3C)c12. The van der Waals surface area contributed by atoms with Crippen molar-refractivity contribution in [1.29, 1.82) is 0 Å². The molecule has 1 N–H and O–H groups in total. The average Bonchev–Trinajstić information content (AvgIpc) is 3.42. The molecule has 11 heteroatoms. The summed E-state index contributed by atoms with van der Waals surface area (Å²) in [5, 5.41) is 13.3. The summed E-state index contributed by atoms with van der Waals surface area (Å²) in [4.78, 5) is 18.6. The highest BCUT2D eigenvalue weighted by Crippen LogP contribution is 2.30. The number of nitrogens with zero attached hydrogens (tertiary/aromatic N) is 5. The molecule has 31 heavy (non-hydrogen) atoms. The standard InChI is InChI=1S/C20H19F3N6OS/c1-11-9-16(20(21,22)23)27-29(11)7-6-24-19(30)13-10-14(15-5-4-8-31-15)25-18-17(13)12(2)26-28(18)3/h4-5,8-10H,6-7H2,1-3H3,(H,24,30). The summed E-state index contributed by atoms with van der Waals surface area (Å²) in [7, 11) is 1.76. The maximum absolute atomic E-state index is 13.0. The van der Waals surface area contributed by atoms with Gasteiger partial charge in [-0.3, -0.25) is 14.2 Å². The van der Waals surface area contributed by atoms with Crippen LogP contribution >= 0.6 is 11.3 Å². The van der Waals surface area contributed by atoms with Crippen LogP contribution in [-0.4, -0.2) is 37.0 Å². The molecule has 1 amide bonds. The largest absolute Gasteiger partial charge is 0.435 e. The number of amides is 1. The molecule has 0 aliphatic heterocycles. The second-order valence-corrected chi connectivity index (χ2v) is 8.04. The minimum Gasteiger partial charge on any atom is -0.350 e. The summed E-state index contributed by atoms with van der Waals surface area (Å²) in [6.07, 6.45) is -4.50. The topological polar surface area (TPSA) is 77.6 Å². The van der Waals surface area contributed by atoms with Crippen LogP contribution < -0.4 is 5.32 Å². The van der Waals surface area contributed by atoms with Gasteiger partial charge in [-0.2, -0.15) is 23.4 Å². The first-order valence-electron chi connectivity index (χ1n) is 9.43. The Hall–Kier alpha value is -3.21. The summed E-state index contributed by atoms with van der Waals surface area (Å²) in [6, 6.07) is 6.53. The van der Waals surface area contributed by atoms with E-state index in [0.717, 1.165) is 10.9 Å². The molecule has 0 fully saturated rings. The molecule has 0 atom stereocenters. The highest BCUT2D eigenvalue weighted by atomic mass is 32.1. The normalized spacial score (nSPS) is 11.9. The van der Waals surface area contributed by atoms with Crippen LogP contribution in [0.1, 0.15) is 27.4 Å². The number of alkyl halides is 3. The fourth-order valence-corrected chi connectivity index (χ4v) is 4.11. The number of pyridine rings is 1. The molecule has 0 unspecified atom stereocenters. The minimum atomic E-state index is -4.50. The van der Waals surface area contributed by atoms with Crippen molar-refractivity contribution in [3.8, 4) is 10.6 Å². The van der Waals surface area contributed by atoms with E-state index >= 15 is 0 Å². The monoisotopic (exact) mass is 448 g/mol. The molecule has 162 valence electrons. The van der Waals surface area contributed by atoms with Crippen LogP contribution in [0.5, 0.6) is 0 Å². The van der Waals surface area contributed by atoms with Crippen LogP contribution in [0.4, 0.5) is 13.2 Å². The van der Waals surface area contributed by atoms with E-state index in [1.165, 1.54) is 16.0 Å². The van der Waals surface area contributed by atoms with Crippen LogP contribution in [0.25, 0.3) is 21.6 Å². The zero-order valence-electron chi connectivity index (χ0n) is 17.0. The molecule has 4 aromatic rings. The Labute approximate surface area is 179 Å². The molecule has 4 aromatic heterocycles. The van der Waals surface area contributed by atoms with Crippen molar-refractivity contribution in [2.45, 2.75) is 26.6 Å². The van der Waals surface area contributed by atoms with Gasteiger partial charge in [-0.05, 0) is 37.4 Å². The molecule has 0 aliphatic rings. The number of aryl methyl sites for hydroxylation is 3. The van der Waals surface area contributed by atoms with Gasteiger partial charge >= 0.3 is 6.18 Å². The first-order valence-corrected chi connectivity index (χ1v) is 10.3. The number of hydrogen-bond donors (Lipinski definition) is 1. The first-order chi connectivity index (χ1) is 14.6. The van der Waals surface area contributed by atoms with Crippen LogP contribution in [0.3, 0.4) is 0 Å². The Morgan fingerprint density at radius 3 is 2.65 bits per heavy atom. The molecule has 4 rings (SSSR count). The molecule has 4 heterocycles. The van der Waals surface area contributed by atoms with E-state index < -0.39 is 11.9 Å². The third-order valence-electron chi connectivity index (χ3n) is 4.87. The zero-order chi connectivity index (χ0) is 22.3. The number of rotatable bonds is 5. The van der Waals surface area contributed by atoms with Gasteiger partial charge in [0.05, 0.1) is 33.8 Å². The van der Waals surface area contributed by atoms with E-state index in [1.807, 2.05) is 17.5 Å². The average molecular weight is 448 g/mol. The Morgan fingerprint density at radius 1 is 1.23 bits per heavy atom. The number of carbonyl (C=O) groups excluding carboxylic acids is 1. The van der Waals surface area contributed by atoms with Crippen LogP contribution in [0.2, 0.25) is 0 Å². The smallest absolute Gasteiger partial charge is 0.350 e. The molecule has 0 radical (unpaired) electrons. The number of halogens is 3. The van der Waals surface area contributed by atoms with Gasteiger partial charge < -0.3 is 5.32 Å². The number of fused-ring (bicyclic) bond motifs is 1. The maximum Gasteiger partial charge on any atom is 0.435 e. The van der Waals surface area contributed by atoms with Crippen molar-refractivity contribution in [2.75, 3.05) is 6.54 Å². The van der Waals surface area contributed by atoms with Gasteiger partial charge in [-0.1, -0.05) is 6.07 Å². The highest BCUT2D eigenvalue weighted by Gasteiger charge is 2.34. The van der Waals surface area contributed by atoms with Gasteiger partial charge in [0.2, 0.25) is 0 Å². The van der Waals surface area contributed by atoms with E-state index in [2.05, 4.69) is 20.5 Å². The van der Waals surface area contributed by atoms with Crippen molar-refractivity contribution in [2.24, 2.45) is 7.05 Å². The second-order valence-electron chi connectivity index (χ2n) is 7.09. The molecule has 7 nitrogen and oxygen atoms in total. The van der Waals surface area contributed by atoms with E-state index in [-0.39, 0.29) is 19.0 Å². The molecule has 0 spiro atoms. The Bertz CT molecular complexity index is 1260. The van der Waals surface area contributed by atoms with Crippen molar-refractivity contribution >= 4 is 28.3 Å². The van der Waals surface area contributed by atoms with Crippen molar-refractivity contribution < 1.29 is 18.0 Å². The van der Waals surface area contributed by atoms with Crippen molar-refractivity contribution in [3.63, 3.8) is 0 Å². The van der Waals surface area contributed by atoms with Gasteiger partial charge in [0.1, 0.15) is 0 Å². The molecular weight excluding hydrogens is 429 g/mol. The highest BCUT2D eigenvalue weighted by molar-refractivity contribution is 7.13. The Balaban J connectivity index is 1.59. The number of thiophene rings is 1. The van der Waals surface area contributed by atoms with E-state index in [0.29, 0.717) is 33.7 Å². The lowest BCUT2D eigenvalue weighted by atomic mass is 10.1. The summed E-state index contributed by atoms with van der Waals surface area (Å²) in [5.41, 5.74) is 1.77. The van der Waals surface area contributed by atoms with Gasteiger partial charge in [0.25, 0.3) is 5.91 Å². The number of hydrogen-bond acceptors (Lipinski definition) is 5. The maximum atomic E-state index is 13.0. The molecule has 0 aromatic carbocycles.